The van der Waals surface area contributed by atoms with Gasteiger partial charge in [-0.1, -0.05) is 35.8 Å². The van der Waals surface area contributed by atoms with E-state index in [1.54, 1.807) is 0 Å². The van der Waals surface area contributed by atoms with Crippen molar-refractivity contribution in [2.24, 2.45) is 5.41 Å². The van der Waals surface area contributed by atoms with Gasteiger partial charge in [0.15, 0.2) is 0 Å². The number of fused-ring (bicyclic) bond motifs is 1. The van der Waals surface area contributed by atoms with E-state index < -0.39 is 0 Å². The molecule has 2 aliphatic rings. The molecule has 1 nitrogen and oxygen atoms in total. The highest BCUT2D eigenvalue weighted by Crippen LogP contribution is 2.38. The molecule has 0 bridgehead atoms. The molecular formula is C17H24BrN. The van der Waals surface area contributed by atoms with E-state index in [0.717, 1.165) is 6.04 Å². The molecule has 1 saturated carbocycles. The van der Waals surface area contributed by atoms with Gasteiger partial charge in [-0.15, -0.1) is 0 Å². The fourth-order valence-electron chi connectivity index (χ4n) is 3.61. The lowest BCUT2D eigenvalue weighted by molar-refractivity contribution is 0.198. The van der Waals surface area contributed by atoms with E-state index in [2.05, 4.69) is 53.3 Å². The fourth-order valence-corrected chi connectivity index (χ4v) is 4.02. The second kappa shape index (κ2) is 5.21. The zero-order valence-electron chi connectivity index (χ0n) is 12.0. The third kappa shape index (κ3) is 3.05. The quantitative estimate of drug-likeness (QED) is 0.808. The number of hydrogen-bond donors (Lipinski definition) is 1. The van der Waals surface area contributed by atoms with Gasteiger partial charge in [0.1, 0.15) is 0 Å². The van der Waals surface area contributed by atoms with Crippen LogP contribution in [-0.4, -0.2) is 6.04 Å². The molecule has 1 fully saturated rings. The van der Waals surface area contributed by atoms with Gasteiger partial charge in [0.05, 0.1) is 0 Å². The van der Waals surface area contributed by atoms with Gasteiger partial charge in [-0.25, -0.2) is 0 Å². The standard InChI is InChI=1S/C17H24BrN/c1-17(2)9-7-14(8-10-17)19-16-6-3-12-11-13(18)4-5-15(12)16/h4-5,11,14,16,19H,3,6-10H2,1-2H3. The van der Waals surface area contributed by atoms with Crippen LogP contribution in [0.15, 0.2) is 22.7 Å². The van der Waals surface area contributed by atoms with E-state index in [0.29, 0.717) is 11.5 Å². The summed E-state index contributed by atoms with van der Waals surface area (Å²) in [6.07, 6.45) is 7.91. The molecule has 1 N–H and O–H groups in total. The van der Waals surface area contributed by atoms with E-state index >= 15 is 0 Å². The molecule has 0 saturated heterocycles. The average molecular weight is 322 g/mol. The highest BCUT2D eigenvalue weighted by Gasteiger charge is 2.30. The van der Waals surface area contributed by atoms with Crippen LogP contribution in [-0.2, 0) is 6.42 Å². The molecule has 1 aromatic rings. The third-order valence-electron chi connectivity index (χ3n) is 4.96. The lowest BCUT2D eigenvalue weighted by atomic mass is 9.75. The summed E-state index contributed by atoms with van der Waals surface area (Å²) in [6, 6.07) is 8.10. The normalized spacial score (nSPS) is 26.4. The van der Waals surface area contributed by atoms with Gasteiger partial charge in [-0.05, 0) is 67.2 Å². The minimum absolute atomic E-state index is 0.566. The summed E-state index contributed by atoms with van der Waals surface area (Å²) < 4.78 is 1.21. The van der Waals surface area contributed by atoms with Gasteiger partial charge < -0.3 is 5.32 Å². The maximum atomic E-state index is 3.92. The summed E-state index contributed by atoms with van der Waals surface area (Å²) in [5.41, 5.74) is 3.63. The lowest BCUT2D eigenvalue weighted by Gasteiger charge is -2.36. The first-order valence-corrected chi connectivity index (χ1v) is 8.37. The van der Waals surface area contributed by atoms with E-state index in [1.807, 2.05) is 0 Å². The summed E-state index contributed by atoms with van der Waals surface area (Å²) in [6.45, 7) is 4.82. The Morgan fingerprint density at radius 1 is 1.16 bits per heavy atom. The first-order valence-electron chi connectivity index (χ1n) is 7.58. The maximum absolute atomic E-state index is 3.92. The van der Waals surface area contributed by atoms with Gasteiger partial charge in [-0.2, -0.15) is 0 Å². The van der Waals surface area contributed by atoms with Gasteiger partial charge in [0.2, 0.25) is 0 Å². The molecule has 0 aliphatic heterocycles. The zero-order valence-corrected chi connectivity index (χ0v) is 13.6. The largest absolute Gasteiger partial charge is 0.307 e. The third-order valence-corrected chi connectivity index (χ3v) is 5.45. The van der Waals surface area contributed by atoms with Crippen molar-refractivity contribution in [3.63, 3.8) is 0 Å². The van der Waals surface area contributed by atoms with Crippen LogP contribution >= 0.6 is 15.9 Å². The Balaban J connectivity index is 1.64. The van der Waals surface area contributed by atoms with Crippen molar-refractivity contribution in [1.29, 1.82) is 0 Å². The molecule has 0 radical (unpaired) electrons. The van der Waals surface area contributed by atoms with Gasteiger partial charge in [0.25, 0.3) is 0 Å². The Kier molecular flexibility index (Phi) is 3.74. The van der Waals surface area contributed by atoms with Crippen LogP contribution in [0.5, 0.6) is 0 Å². The first-order chi connectivity index (χ1) is 9.03. The maximum Gasteiger partial charge on any atom is 0.0328 e. The molecule has 19 heavy (non-hydrogen) atoms. The molecule has 0 spiro atoms. The monoisotopic (exact) mass is 321 g/mol. The zero-order chi connectivity index (χ0) is 13.5. The number of halogens is 1. The van der Waals surface area contributed by atoms with Crippen LogP contribution in [0.4, 0.5) is 0 Å². The Hall–Kier alpha value is -0.340. The van der Waals surface area contributed by atoms with Crippen molar-refractivity contribution < 1.29 is 0 Å². The molecule has 0 aromatic heterocycles. The Morgan fingerprint density at radius 3 is 2.63 bits per heavy atom. The summed E-state index contributed by atoms with van der Waals surface area (Å²) in [5, 5.41) is 3.92. The Bertz CT molecular complexity index is 456. The summed E-state index contributed by atoms with van der Waals surface area (Å²) in [4.78, 5) is 0. The van der Waals surface area contributed by atoms with Gasteiger partial charge >= 0.3 is 0 Å². The number of hydrogen-bond acceptors (Lipinski definition) is 1. The molecular weight excluding hydrogens is 298 g/mol. The van der Waals surface area contributed by atoms with Crippen molar-refractivity contribution in [2.45, 2.75) is 64.5 Å². The second-order valence-electron chi connectivity index (χ2n) is 7.04. The highest BCUT2D eigenvalue weighted by molar-refractivity contribution is 9.10. The molecule has 0 amide bonds. The number of aryl methyl sites for hydroxylation is 1. The van der Waals surface area contributed by atoms with E-state index in [9.17, 15) is 0 Å². The summed E-state index contributed by atoms with van der Waals surface area (Å²) in [5.74, 6) is 0. The first kappa shape index (κ1) is 13.6. The lowest BCUT2D eigenvalue weighted by Crippen LogP contribution is -2.37. The van der Waals surface area contributed by atoms with Crippen LogP contribution in [0.1, 0.15) is 63.1 Å². The van der Waals surface area contributed by atoms with Crippen LogP contribution in [0.3, 0.4) is 0 Å². The predicted molar refractivity (Wildman–Crippen MR) is 84.4 cm³/mol. The highest BCUT2D eigenvalue weighted by atomic mass is 79.9. The molecule has 1 atom stereocenters. The fraction of sp³-hybridized carbons (Fsp3) is 0.647. The minimum Gasteiger partial charge on any atom is -0.307 e. The van der Waals surface area contributed by atoms with Crippen molar-refractivity contribution >= 4 is 15.9 Å². The molecule has 3 rings (SSSR count). The minimum atomic E-state index is 0.566. The van der Waals surface area contributed by atoms with Crippen LogP contribution in [0, 0.1) is 5.41 Å². The van der Waals surface area contributed by atoms with Gasteiger partial charge in [-0.3, -0.25) is 0 Å². The molecule has 0 heterocycles. The second-order valence-corrected chi connectivity index (χ2v) is 7.96. The van der Waals surface area contributed by atoms with E-state index in [-0.39, 0.29) is 0 Å². The summed E-state index contributed by atoms with van der Waals surface area (Å²) in [7, 11) is 0. The molecule has 2 heteroatoms. The number of nitrogens with one attached hydrogen (secondary N) is 1. The number of benzene rings is 1. The summed E-state index contributed by atoms with van der Waals surface area (Å²) >= 11 is 3.58. The SMILES string of the molecule is CC1(C)CCC(NC2CCc3cc(Br)ccc32)CC1. The van der Waals surface area contributed by atoms with Crippen molar-refractivity contribution in [1.82, 2.24) is 5.32 Å². The molecule has 2 aliphatic carbocycles. The number of rotatable bonds is 2. The molecule has 1 aromatic carbocycles. The predicted octanol–water partition coefficient (Wildman–Crippen LogP) is 4.99. The Morgan fingerprint density at radius 2 is 1.89 bits per heavy atom. The smallest absolute Gasteiger partial charge is 0.0328 e. The van der Waals surface area contributed by atoms with Crippen LogP contribution in [0.2, 0.25) is 0 Å². The Labute approximate surface area is 125 Å². The van der Waals surface area contributed by atoms with Crippen LogP contribution in [0.25, 0.3) is 0 Å². The van der Waals surface area contributed by atoms with E-state index in [1.165, 1.54) is 54.1 Å². The van der Waals surface area contributed by atoms with E-state index in [4.69, 9.17) is 0 Å². The van der Waals surface area contributed by atoms with Crippen LogP contribution < -0.4 is 5.32 Å². The average Bonchev–Trinajstić information content (AvgIpc) is 2.74. The van der Waals surface area contributed by atoms with Crippen molar-refractivity contribution in [3.05, 3.63) is 33.8 Å². The molecule has 104 valence electrons. The van der Waals surface area contributed by atoms with Crippen molar-refractivity contribution in [2.75, 3.05) is 0 Å². The van der Waals surface area contributed by atoms with Crippen molar-refractivity contribution in [3.8, 4) is 0 Å². The topological polar surface area (TPSA) is 12.0 Å². The molecule has 1 unspecified atom stereocenters. The van der Waals surface area contributed by atoms with Gasteiger partial charge in [0, 0.05) is 16.6 Å².